The molecule has 3 rings (SSSR count). The molecule has 26 heavy (non-hydrogen) atoms. The summed E-state index contributed by atoms with van der Waals surface area (Å²) in [6.07, 6.45) is 1.35. The van der Waals surface area contributed by atoms with Crippen LogP contribution in [0.5, 0.6) is 0 Å². The summed E-state index contributed by atoms with van der Waals surface area (Å²) in [5.74, 6) is -0.0391. The highest BCUT2D eigenvalue weighted by atomic mass is 19.1. The summed E-state index contributed by atoms with van der Waals surface area (Å²) < 4.78 is 12.9. The van der Waals surface area contributed by atoms with Gasteiger partial charge in [0.1, 0.15) is 23.7 Å². The van der Waals surface area contributed by atoms with E-state index in [2.05, 4.69) is 20.6 Å². The number of aryl methyl sites for hydroxylation is 1. The fraction of sp³-hybridized carbons (Fsp3) is 0.150. The molecule has 6 heteroatoms. The van der Waals surface area contributed by atoms with Crippen molar-refractivity contribution in [3.63, 3.8) is 0 Å². The molecule has 0 saturated heterocycles. The first-order chi connectivity index (χ1) is 12.6. The Morgan fingerprint density at radius 3 is 2.35 bits per heavy atom. The summed E-state index contributed by atoms with van der Waals surface area (Å²) in [4.78, 5) is 20.4. The summed E-state index contributed by atoms with van der Waals surface area (Å²) >= 11 is 0. The number of carbonyl (C=O) groups is 1. The molecule has 0 spiro atoms. The van der Waals surface area contributed by atoms with E-state index in [1.54, 1.807) is 18.2 Å². The largest absolute Gasteiger partial charge is 0.366 e. The van der Waals surface area contributed by atoms with Crippen LogP contribution in [0.3, 0.4) is 0 Å². The first kappa shape index (κ1) is 17.5. The quantitative estimate of drug-likeness (QED) is 0.714. The minimum Gasteiger partial charge on any atom is -0.366 e. The number of hydrogen-bond acceptors (Lipinski definition) is 4. The van der Waals surface area contributed by atoms with Crippen LogP contribution >= 0.6 is 0 Å². The molecular weight excluding hydrogens is 331 g/mol. The van der Waals surface area contributed by atoms with Crippen molar-refractivity contribution in [2.45, 2.75) is 20.0 Å². The molecule has 3 aromatic rings. The van der Waals surface area contributed by atoms with E-state index in [9.17, 15) is 9.18 Å². The third kappa shape index (κ3) is 4.86. The average Bonchev–Trinajstić information content (AvgIpc) is 2.67. The zero-order valence-corrected chi connectivity index (χ0v) is 14.4. The van der Waals surface area contributed by atoms with Crippen molar-refractivity contribution in [2.24, 2.45) is 0 Å². The Morgan fingerprint density at radius 2 is 1.62 bits per heavy atom. The maximum absolute atomic E-state index is 12.9. The van der Waals surface area contributed by atoms with E-state index >= 15 is 0 Å². The van der Waals surface area contributed by atoms with Gasteiger partial charge in [-0.2, -0.15) is 0 Å². The van der Waals surface area contributed by atoms with Crippen molar-refractivity contribution < 1.29 is 9.18 Å². The Balaban J connectivity index is 1.58. The van der Waals surface area contributed by atoms with Gasteiger partial charge in [-0.1, -0.05) is 42.0 Å². The zero-order valence-electron chi connectivity index (χ0n) is 14.4. The van der Waals surface area contributed by atoms with E-state index in [0.717, 1.165) is 11.1 Å². The second-order valence-electron chi connectivity index (χ2n) is 5.94. The molecule has 1 amide bonds. The monoisotopic (exact) mass is 350 g/mol. The highest BCUT2D eigenvalue weighted by Crippen LogP contribution is 2.09. The fourth-order valence-electron chi connectivity index (χ4n) is 2.35. The van der Waals surface area contributed by atoms with Gasteiger partial charge in [0.2, 0.25) is 0 Å². The highest BCUT2D eigenvalue weighted by Gasteiger charge is 2.08. The van der Waals surface area contributed by atoms with Crippen molar-refractivity contribution >= 4 is 11.7 Å². The Hall–Kier alpha value is -3.28. The number of nitrogens with one attached hydrogen (secondary N) is 2. The second-order valence-corrected chi connectivity index (χ2v) is 5.94. The number of halogens is 1. The number of amides is 1. The van der Waals surface area contributed by atoms with E-state index in [1.165, 1.54) is 24.0 Å². The fourth-order valence-corrected chi connectivity index (χ4v) is 2.35. The number of carbonyl (C=O) groups excluding carboxylic acids is 1. The predicted octanol–water partition coefficient (Wildman–Crippen LogP) is 3.47. The van der Waals surface area contributed by atoms with Gasteiger partial charge in [-0.3, -0.25) is 4.79 Å². The molecule has 0 radical (unpaired) electrons. The normalized spacial score (nSPS) is 10.4. The second kappa shape index (κ2) is 8.20. The molecule has 132 valence electrons. The van der Waals surface area contributed by atoms with Crippen LogP contribution in [0, 0.1) is 12.7 Å². The van der Waals surface area contributed by atoms with Crippen LogP contribution in [-0.2, 0) is 13.1 Å². The van der Waals surface area contributed by atoms with Gasteiger partial charge >= 0.3 is 0 Å². The number of anilines is 1. The summed E-state index contributed by atoms with van der Waals surface area (Å²) in [6.45, 7) is 2.95. The maximum Gasteiger partial charge on any atom is 0.270 e. The molecule has 0 aliphatic carbocycles. The van der Waals surface area contributed by atoms with Crippen molar-refractivity contribution in [3.8, 4) is 0 Å². The topological polar surface area (TPSA) is 66.9 Å². The number of hydrogen-bond donors (Lipinski definition) is 2. The van der Waals surface area contributed by atoms with E-state index < -0.39 is 0 Å². The number of benzene rings is 2. The predicted molar refractivity (Wildman–Crippen MR) is 98.1 cm³/mol. The lowest BCUT2D eigenvalue weighted by Crippen LogP contribution is -2.24. The van der Waals surface area contributed by atoms with Gasteiger partial charge in [0.25, 0.3) is 5.91 Å². The van der Waals surface area contributed by atoms with Gasteiger partial charge in [0, 0.05) is 19.2 Å². The van der Waals surface area contributed by atoms with E-state index in [0.29, 0.717) is 18.9 Å². The Bertz CT molecular complexity index is 879. The van der Waals surface area contributed by atoms with Crippen LogP contribution in [-0.4, -0.2) is 15.9 Å². The van der Waals surface area contributed by atoms with Crippen molar-refractivity contribution in [1.29, 1.82) is 0 Å². The lowest BCUT2D eigenvalue weighted by Gasteiger charge is -2.08. The molecule has 1 aromatic heterocycles. The molecule has 0 unspecified atom stereocenters. The van der Waals surface area contributed by atoms with Crippen molar-refractivity contribution in [3.05, 3.63) is 89.1 Å². The van der Waals surface area contributed by atoms with E-state index in [1.807, 2.05) is 31.2 Å². The SMILES string of the molecule is Cc1ccc(CNc2cc(C(=O)NCc3ccc(F)cc3)ncn2)cc1. The number of rotatable bonds is 6. The highest BCUT2D eigenvalue weighted by molar-refractivity contribution is 5.92. The Labute approximate surface area is 151 Å². The van der Waals surface area contributed by atoms with Gasteiger partial charge in [-0.05, 0) is 30.2 Å². The molecule has 1 heterocycles. The molecule has 2 aromatic carbocycles. The van der Waals surface area contributed by atoms with Crippen LogP contribution in [0.25, 0.3) is 0 Å². The molecule has 2 N–H and O–H groups in total. The molecule has 0 aliphatic rings. The minimum absolute atomic E-state index is 0.272. The Kier molecular flexibility index (Phi) is 5.53. The Morgan fingerprint density at radius 1 is 0.962 bits per heavy atom. The van der Waals surface area contributed by atoms with Crippen LogP contribution in [0.2, 0.25) is 0 Å². The summed E-state index contributed by atoms with van der Waals surface area (Å²) in [6, 6.07) is 15.8. The van der Waals surface area contributed by atoms with Crippen LogP contribution in [0.15, 0.2) is 60.9 Å². The summed E-state index contributed by atoms with van der Waals surface area (Å²) in [5.41, 5.74) is 3.41. The van der Waals surface area contributed by atoms with Gasteiger partial charge in [-0.15, -0.1) is 0 Å². The van der Waals surface area contributed by atoms with Gasteiger partial charge < -0.3 is 10.6 Å². The van der Waals surface area contributed by atoms with Gasteiger partial charge in [0.15, 0.2) is 0 Å². The lowest BCUT2D eigenvalue weighted by atomic mass is 10.1. The first-order valence-electron chi connectivity index (χ1n) is 8.24. The molecular formula is C20H19FN4O. The molecule has 0 fully saturated rings. The van der Waals surface area contributed by atoms with Crippen LogP contribution in [0.1, 0.15) is 27.2 Å². The van der Waals surface area contributed by atoms with E-state index in [4.69, 9.17) is 0 Å². The first-order valence-corrected chi connectivity index (χ1v) is 8.24. The standard InChI is InChI=1S/C20H19FN4O/c1-14-2-4-15(5-3-14)11-22-19-10-18(24-13-25-19)20(26)23-12-16-6-8-17(21)9-7-16/h2-10,13H,11-12H2,1H3,(H,23,26)(H,22,24,25). The van der Waals surface area contributed by atoms with Crippen molar-refractivity contribution in [2.75, 3.05) is 5.32 Å². The summed E-state index contributed by atoms with van der Waals surface area (Å²) in [7, 11) is 0. The minimum atomic E-state index is -0.310. The lowest BCUT2D eigenvalue weighted by molar-refractivity contribution is 0.0946. The van der Waals surface area contributed by atoms with Crippen molar-refractivity contribution in [1.82, 2.24) is 15.3 Å². The third-order valence-corrected chi connectivity index (χ3v) is 3.86. The smallest absolute Gasteiger partial charge is 0.270 e. The van der Waals surface area contributed by atoms with Gasteiger partial charge in [-0.25, -0.2) is 14.4 Å². The van der Waals surface area contributed by atoms with Crippen LogP contribution in [0.4, 0.5) is 10.2 Å². The molecule has 0 saturated carbocycles. The van der Waals surface area contributed by atoms with Gasteiger partial charge in [0.05, 0.1) is 0 Å². The van der Waals surface area contributed by atoms with E-state index in [-0.39, 0.29) is 17.4 Å². The maximum atomic E-state index is 12.9. The molecule has 5 nitrogen and oxygen atoms in total. The zero-order chi connectivity index (χ0) is 18.4. The molecule has 0 aliphatic heterocycles. The third-order valence-electron chi connectivity index (χ3n) is 3.86. The summed E-state index contributed by atoms with van der Waals surface area (Å²) in [5, 5.41) is 5.95. The average molecular weight is 350 g/mol. The van der Waals surface area contributed by atoms with Crippen LogP contribution < -0.4 is 10.6 Å². The molecule has 0 atom stereocenters. The number of nitrogens with zero attached hydrogens (tertiary/aromatic N) is 2. The molecule has 0 bridgehead atoms. The number of aromatic nitrogens is 2.